The Labute approximate surface area is 98.5 Å². The average molecular weight is 231 g/mol. The second kappa shape index (κ2) is 8.43. The summed E-state index contributed by atoms with van der Waals surface area (Å²) in [5.41, 5.74) is 0. The van der Waals surface area contributed by atoms with Crippen molar-refractivity contribution in [1.82, 2.24) is 5.32 Å². The molecule has 1 aliphatic rings. The Kier molecular flexibility index (Phi) is 7.49. The molecule has 0 spiro atoms. The summed E-state index contributed by atoms with van der Waals surface area (Å²) in [5.74, 6) is 3.44. The van der Waals surface area contributed by atoms with E-state index >= 15 is 0 Å². The number of hydrogen-bond donors (Lipinski definition) is 1. The van der Waals surface area contributed by atoms with Gasteiger partial charge in [0.2, 0.25) is 0 Å². The van der Waals surface area contributed by atoms with Crippen molar-refractivity contribution in [2.75, 3.05) is 31.3 Å². The van der Waals surface area contributed by atoms with Crippen LogP contribution in [-0.4, -0.2) is 37.3 Å². The Bertz CT molecular complexity index is 155. The minimum absolute atomic E-state index is 0.736. The van der Waals surface area contributed by atoms with E-state index in [1.54, 1.807) is 0 Å². The smallest absolute Gasteiger partial charge is 0.0469 e. The normalized spacial score (nSPS) is 26.0. The molecule has 0 saturated carbocycles. The fourth-order valence-corrected chi connectivity index (χ4v) is 3.40. The molecule has 90 valence electrons. The van der Waals surface area contributed by atoms with E-state index in [1.165, 1.54) is 24.3 Å². The standard InChI is InChI=1S/C12H25NOS/c1-3-6-13-12-10-15-9-11(12)5-8-14-7-4-2/h11-13H,3-10H2,1-2H3. The highest BCUT2D eigenvalue weighted by molar-refractivity contribution is 7.99. The number of hydrogen-bond acceptors (Lipinski definition) is 3. The SMILES string of the molecule is CCCNC1CSCC1CCOCCC. The molecule has 1 aliphatic heterocycles. The number of thioether (sulfide) groups is 1. The summed E-state index contributed by atoms with van der Waals surface area (Å²) >= 11 is 2.09. The molecule has 3 heteroatoms. The van der Waals surface area contributed by atoms with Crippen molar-refractivity contribution in [2.45, 2.75) is 39.2 Å². The van der Waals surface area contributed by atoms with Crippen LogP contribution in [0.4, 0.5) is 0 Å². The Morgan fingerprint density at radius 2 is 2.07 bits per heavy atom. The molecular formula is C12H25NOS. The largest absolute Gasteiger partial charge is 0.381 e. The Hall–Kier alpha value is 0.270. The van der Waals surface area contributed by atoms with Crippen LogP contribution in [0.15, 0.2) is 0 Å². The van der Waals surface area contributed by atoms with E-state index in [2.05, 4.69) is 30.9 Å². The topological polar surface area (TPSA) is 21.3 Å². The van der Waals surface area contributed by atoms with Gasteiger partial charge in [-0.15, -0.1) is 0 Å². The highest BCUT2D eigenvalue weighted by Gasteiger charge is 2.26. The van der Waals surface area contributed by atoms with E-state index in [4.69, 9.17) is 4.74 Å². The molecule has 0 aromatic rings. The van der Waals surface area contributed by atoms with E-state index in [0.29, 0.717) is 0 Å². The maximum atomic E-state index is 5.56. The lowest BCUT2D eigenvalue weighted by atomic mass is 10.0. The monoisotopic (exact) mass is 231 g/mol. The van der Waals surface area contributed by atoms with Gasteiger partial charge in [-0.2, -0.15) is 11.8 Å². The molecule has 0 bridgehead atoms. The van der Waals surface area contributed by atoms with Gasteiger partial charge in [0.25, 0.3) is 0 Å². The lowest BCUT2D eigenvalue weighted by molar-refractivity contribution is 0.119. The molecular weight excluding hydrogens is 206 g/mol. The van der Waals surface area contributed by atoms with E-state index in [-0.39, 0.29) is 0 Å². The number of rotatable bonds is 8. The zero-order valence-corrected chi connectivity index (χ0v) is 10.9. The van der Waals surface area contributed by atoms with E-state index in [9.17, 15) is 0 Å². The van der Waals surface area contributed by atoms with Crippen LogP contribution in [-0.2, 0) is 4.74 Å². The molecule has 0 aliphatic carbocycles. The summed E-state index contributed by atoms with van der Waals surface area (Å²) in [5, 5.41) is 3.65. The molecule has 1 N–H and O–H groups in total. The predicted molar refractivity (Wildman–Crippen MR) is 68.6 cm³/mol. The second-order valence-corrected chi connectivity index (χ2v) is 5.33. The third-order valence-electron chi connectivity index (χ3n) is 2.84. The summed E-state index contributed by atoms with van der Waals surface area (Å²) in [4.78, 5) is 0. The van der Waals surface area contributed by atoms with Crippen molar-refractivity contribution < 1.29 is 4.74 Å². The molecule has 0 amide bonds. The summed E-state index contributed by atoms with van der Waals surface area (Å²) in [7, 11) is 0. The Balaban J connectivity index is 2.09. The average Bonchev–Trinajstić information content (AvgIpc) is 2.69. The molecule has 2 atom stereocenters. The summed E-state index contributed by atoms with van der Waals surface area (Å²) < 4.78 is 5.56. The number of ether oxygens (including phenoxy) is 1. The molecule has 15 heavy (non-hydrogen) atoms. The first kappa shape index (κ1) is 13.3. The van der Waals surface area contributed by atoms with Crippen LogP contribution in [0.2, 0.25) is 0 Å². The second-order valence-electron chi connectivity index (χ2n) is 4.26. The van der Waals surface area contributed by atoms with Crippen molar-refractivity contribution in [2.24, 2.45) is 5.92 Å². The number of nitrogens with one attached hydrogen (secondary N) is 1. The lowest BCUT2D eigenvalue weighted by Gasteiger charge is -2.19. The minimum atomic E-state index is 0.736. The lowest BCUT2D eigenvalue weighted by Crippen LogP contribution is -2.36. The summed E-state index contributed by atoms with van der Waals surface area (Å²) in [6.45, 7) is 7.43. The molecule has 2 nitrogen and oxygen atoms in total. The minimum Gasteiger partial charge on any atom is -0.381 e. The van der Waals surface area contributed by atoms with Gasteiger partial charge in [-0.1, -0.05) is 13.8 Å². The van der Waals surface area contributed by atoms with Crippen molar-refractivity contribution in [3.8, 4) is 0 Å². The molecule has 1 fully saturated rings. The first-order valence-corrected chi connectivity index (χ1v) is 7.42. The molecule has 1 heterocycles. The molecule has 2 unspecified atom stereocenters. The van der Waals surface area contributed by atoms with Crippen LogP contribution in [0, 0.1) is 5.92 Å². The van der Waals surface area contributed by atoms with Gasteiger partial charge >= 0.3 is 0 Å². The first-order valence-electron chi connectivity index (χ1n) is 6.27. The van der Waals surface area contributed by atoms with E-state index in [0.717, 1.165) is 38.1 Å². The van der Waals surface area contributed by atoms with Gasteiger partial charge < -0.3 is 10.1 Å². The van der Waals surface area contributed by atoms with Gasteiger partial charge in [0.1, 0.15) is 0 Å². The van der Waals surface area contributed by atoms with Gasteiger partial charge in [0.15, 0.2) is 0 Å². The quantitative estimate of drug-likeness (QED) is 0.649. The summed E-state index contributed by atoms with van der Waals surface area (Å²) in [6.07, 6.45) is 3.60. The van der Waals surface area contributed by atoms with Gasteiger partial charge in [-0.25, -0.2) is 0 Å². The zero-order chi connectivity index (χ0) is 10.9. The first-order chi connectivity index (χ1) is 7.38. The van der Waals surface area contributed by atoms with Crippen LogP contribution in [0.3, 0.4) is 0 Å². The van der Waals surface area contributed by atoms with Crippen molar-refractivity contribution >= 4 is 11.8 Å². The van der Waals surface area contributed by atoms with Gasteiger partial charge in [0.05, 0.1) is 0 Å². The van der Waals surface area contributed by atoms with Gasteiger partial charge in [0, 0.05) is 25.0 Å². The molecule has 1 rings (SSSR count). The molecule has 0 aromatic heterocycles. The predicted octanol–water partition coefficient (Wildman–Crippen LogP) is 2.53. The highest BCUT2D eigenvalue weighted by atomic mass is 32.2. The molecule has 0 aromatic carbocycles. The highest BCUT2D eigenvalue weighted by Crippen LogP contribution is 2.26. The van der Waals surface area contributed by atoms with Crippen molar-refractivity contribution in [1.29, 1.82) is 0 Å². The third kappa shape index (κ3) is 5.23. The van der Waals surface area contributed by atoms with E-state index in [1.807, 2.05) is 0 Å². The van der Waals surface area contributed by atoms with Crippen LogP contribution in [0.1, 0.15) is 33.1 Å². The molecule has 1 saturated heterocycles. The fraction of sp³-hybridized carbons (Fsp3) is 1.00. The fourth-order valence-electron chi connectivity index (χ4n) is 1.92. The molecule has 0 radical (unpaired) electrons. The zero-order valence-electron chi connectivity index (χ0n) is 10.1. The maximum absolute atomic E-state index is 5.56. The van der Waals surface area contributed by atoms with Crippen molar-refractivity contribution in [3.05, 3.63) is 0 Å². The van der Waals surface area contributed by atoms with Crippen molar-refractivity contribution in [3.63, 3.8) is 0 Å². The Morgan fingerprint density at radius 1 is 1.20 bits per heavy atom. The van der Waals surface area contributed by atoms with E-state index < -0.39 is 0 Å². The maximum Gasteiger partial charge on any atom is 0.0469 e. The van der Waals surface area contributed by atoms with Gasteiger partial charge in [-0.05, 0) is 37.5 Å². The third-order valence-corrected chi connectivity index (χ3v) is 4.10. The van der Waals surface area contributed by atoms with Crippen LogP contribution >= 0.6 is 11.8 Å². The van der Waals surface area contributed by atoms with Crippen LogP contribution in [0.5, 0.6) is 0 Å². The van der Waals surface area contributed by atoms with Crippen LogP contribution < -0.4 is 5.32 Å². The van der Waals surface area contributed by atoms with Crippen LogP contribution in [0.25, 0.3) is 0 Å². The Morgan fingerprint density at radius 3 is 2.80 bits per heavy atom. The van der Waals surface area contributed by atoms with Gasteiger partial charge in [-0.3, -0.25) is 0 Å². The summed E-state index contributed by atoms with van der Waals surface area (Å²) in [6, 6.07) is 0.736.